The van der Waals surface area contributed by atoms with Crippen LogP contribution in [0.5, 0.6) is 0 Å². The van der Waals surface area contributed by atoms with E-state index >= 15 is 0 Å². The second-order valence-corrected chi connectivity index (χ2v) is 7.80. The van der Waals surface area contributed by atoms with Gasteiger partial charge in [-0.25, -0.2) is 0 Å². The number of benzene rings is 1. The molecule has 1 aromatic heterocycles. The first-order valence-electron chi connectivity index (χ1n) is 9.12. The van der Waals surface area contributed by atoms with Crippen LogP contribution >= 0.6 is 15.9 Å². The van der Waals surface area contributed by atoms with Crippen molar-refractivity contribution in [2.75, 3.05) is 13.2 Å². The fourth-order valence-corrected chi connectivity index (χ4v) is 3.99. The second-order valence-electron chi connectivity index (χ2n) is 6.88. The molecule has 2 aliphatic heterocycles. The molecule has 2 saturated heterocycles. The maximum atomic E-state index is 12.9. The van der Waals surface area contributed by atoms with Gasteiger partial charge in [0.05, 0.1) is 17.7 Å². The maximum absolute atomic E-state index is 12.9. The van der Waals surface area contributed by atoms with Crippen molar-refractivity contribution < 1.29 is 19.4 Å². The zero-order chi connectivity index (χ0) is 19.7. The number of aliphatic hydroxyl groups excluding tert-OH is 1. The molecule has 0 aliphatic carbocycles. The summed E-state index contributed by atoms with van der Waals surface area (Å²) in [6, 6.07) is 9.82. The summed E-state index contributed by atoms with van der Waals surface area (Å²) in [6.45, 7) is 0.965. The van der Waals surface area contributed by atoms with Crippen LogP contribution in [0, 0.1) is 0 Å². The van der Waals surface area contributed by atoms with Crippen LogP contribution in [-0.4, -0.2) is 45.9 Å². The number of ketones is 1. The summed E-state index contributed by atoms with van der Waals surface area (Å²) in [5.41, 5.74) is 1.24. The Labute approximate surface area is 171 Å². The zero-order valence-electron chi connectivity index (χ0n) is 15.0. The van der Waals surface area contributed by atoms with E-state index in [1.165, 1.54) is 4.90 Å². The molecule has 2 unspecified atom stereocenters. The molecule has 4 rings (SSSR count). The number of ether oxygens (including phenoxy) is 1. The van der Waals surface area contributed by atoms with Crippen LogP contribution in [0.3, 0.4) is 0 Å². The Balaban J connectivity index is 1.80. The van der Waals surface area contributed by atoms with Crippen molar-refractivity contribution >= 4 is 33.4 Å². The van der Waals surface area contributed by atoms with E-state index in [9.17, 15) is 14.7 Å². The van der Waals surface area contributed by atoms with Crippen molar-refractivity contribution in [2.24, 2.45) is 0 Å². The predicted molar refractivity (Wildman–Crippen MR) is 106 cm³/mol. The van der Waals surface area contributed by atoms with Crippen LogP contribution in [0.15, 0.2) is 58.8 Å². The van der Waals surface area contributed by atoms with Crippen LogP contribution < -0.4 is 0 Å². The molecule has 0 radical (unpaired) electrons. The van der Waals surface area contributed by atoms with Gasteiger partial charge in [-0.15, -0.1) is 0 Å². The Morgan fingerprint density at radius 2 is 2.04 bits per heavy atom. The van der Waals surface area contributed by atoms with Gasteiger partial charge in [0.2, 0.25) is 0 Å². The molecule has 2 fully saturated rings. The van der Waals surface area contributed by atoms with Crippen LogP contribution in [0.25, 0.3) is 5.76 Å². The first-order valence-corrected chi connectivity index (χ1v) is 9.91. The van der Waals surface area contributed by atoms with E-state index in [0.717, 1.165) is 17.3 Å². The van der Waals surface area contributed by atoms with Gasteiger partial charge < -0.3 is 14.7 Å². The fourth-order valence-electron chi connectivity index (χ4n) is 3.72. The number of carbonyl (C=O) groups is 2. The standard InChI is InChI=1S/C21H19BrN2O4/c22-15-7-5-13(6-8-15)19(25)17-18(14-3-1-9-23-11-14)24(21(27)20(17)26)12-16-4-2-10-28-16/h1,3,5-9,11,16,18,25H,2,4,10,12H2/b19-17-. The number of aliphatic hydroxyl groups is 1. The van der Waals surface area contributed by atoms with Gasteiger partial charge >= 0.3 is 0 Å². The number of Topliss-reactive ketones (excluding diaryl/α,β-unsaturated/α-hetero) is 1. The van der Waals surface area contributed by atoms with E-state index < -0.39 is 17.7 Å². The number of nitrogens with zero attached hydrogens (tertiary/aromatic N) is 2. The Morgan fingerprint density at radius 3 is 2.68 bits per heavy atom. The Bertz CT molecular complexity index is 921. The summed E-state index contributed by atoms with van der Waals surface area (Å²) < 4.78 is 6.53. The fraction of sp³-hybridized carbons (Fsp3) is 0.286. The number of halogens is 1. The van der Waals surface area contributed by atoms with E-state index in [0.29, 0.717) is 24.3 Å². The van der Waals surface area contributed by atoms with Crippen LogP contribution in [0.2, 0.25) is 0 Å². The lowest BCUT2D eigenvalue weighted by Crippen LogP contribution is -2.36. The number of carbonyl (C=O) groups excluding carboxylic acids is 2. The smallest absolute Gasteiger partial charge is 0.295 e. The molecule has 0 saturated carbocycles. The molecule has 0 bridgehead atoms. The normalized spacial score (nSPS) is 24.1. The first-order chi connectivity index (χ1) is 13.6. The maximum Gasteiger partial charge on any atom is 0.295 e. The highest BCUT2D eigenvalue weighted by Crippen LogP contribution is 2.39. The van der Waals surface area contributed by atoms with Crippen LogP contribution in [-0.2, 0) is 14.3 Å². The topological polar surface area (TPSA) is 79.7 Å². The molecular weight excluding hydrogens is 424 g/mol. The van der Waals surface area contributed by atoms with Crippen LogP contribution in [0.1, 0.15) is 30.0 Å². The highest BCUT2D eigenvalue weighted by molar-refractivity contribution is 9.10. The van der Waals surface area contributed by atoms with E-state index in [1.807, 2.05) is 0 Å². The summed E-state index contributed by atoms with van der Waals surface area (Å²) in [6.07, 6.45) is 4.92. The molecule has 7 heteroatoms. The van der Waals surface area contributed by atoms with Crippen molar-refractivity contribution in [1.29, 1.82) is 0 Å². The molecule has 6 nitrogen and oxygen atoms in total. The average Bonchev–Trinajstić information content (AvgIpc) is 3.31. The zero-order valence-corrected chi connectivity index (χ0v) is 16.6. The third-order valence-electron chi connectivity index (χ3n) is 5.08. The van der Waals surface area contributed by atoms with E-state index in [4.69, 9.17) is 4.74 Å². The second kappa shape index (κ2) is 7.85. The monoisotopic (exact) mass is 442 g/mol. The average molecular weight is 443 g/mol. The Kier molecular flexibility index (Phi) is 5.28. The van der Waals surface area contributed by atoms with Crippen molar-refractivity contribution in [3.63, 3.8) is 0 Å². The van der Waals surface area contributed by atoms with Gasteiger partial charge in [-0.1, -0.05) is 34.1 Å². The lowest BCUT2D eigenvalue weighted by molar-refractivity contribution is -0.140. The summed E-state index contributed by atoms with van der Waals surface area (Å²) in [5, 5.41) is 10.9. The number of likely N-dealkylation sites (tertiary alicyclic amines) is 1. The molecule has 1 aromatic carbocycles. The summed E-state index contributed by atoms with van der Waals surface area (Å²) in [5.74, 6) is -1.50. The van der Waals surface area contributed by atoms with E-state index in [-0.39, 0.29) is 17.4 Å². The summed E-state index contributed by atoms with van der Waals surface area (Å²) in [4.78, 5) is 31.3. The number of hydrogen-bond acceptors (Lipinski definition) is 5. The molecule has 1 N–H and O–H groups in total. The van der Waals surface area contributed by atoms with Gasteiger partial charge in [0, 0.05) is 35.6 Å². The Hall–Kier alpha value is -2.51. The largest absolute Gasteiger partial charge is 0.507 e. The first kappa shape index (κ1) is 18.8. The minimum absolute atomic E-state index is 0.0818. The number of aromatic nitrogens is 1. The van der Waals surface area contributed by atoms with E-state index in [1.54, 1.807) is 48.8 Å². The number of rotatable bonds is 4. The van der Waals surface area contributed by atoms with Crippen molar-refractivity contribution in [3.8, 4) is 0 Å². The number of pyridine rings is 1. The quantitative estimate of drug-likeness (QED) is 0.445. The third-order valence-corrected chi connectivity index (χ3v) is 5.61. The lowest BCUT2D eigenvalue weighted by atomic mass is 9.96. The number of hydrogen-bond donors (Lipinski definition) is 1. The van der Waals surface area contributed by atoms with Gasteiger partial charge in [-0.2, -0.15) is 0 Å². The van der Waals surface area contributed by atoms with Crippen molar-refractivity contribution in [1.82, 2.24) is 9.88 Å². The molecule has 1 amide bonds. The van der Waals surface area contributed by atoms with Gasteiger partial charge in [0.25, 0.3) is 11.7 Å². The SMILES string of the molecule is O=C1C(=O)N(CC2CCCO2)C(c2cccnc2)/C1=C(/O)c1ccc(Br)cc1. The summed E-state index contributed by atoms with van der Waals surface area (Å²) in [7, 11) is 0. The van der Waals surface area contributed by atoms with Crippen molar-refractivity contribution in [3.05, 3.63) is 70.0 Å². The summed E-state index contributed by atoms with van der Waals surface area (Å²) >= 11 is 3.36. The molecular formula is C21H19BrN2O4. The highest BCUT2D eigenvalue weighted by Gasteiger charge is 2.47. The van der Waals surface area contributed by atoms with Crippen molar-refractivity contribution in [2.45, 2.75) is 25.0 Å². The minimum Gasteiger partial charge on any atom is -0.507 e. The van der Waals surface area contributed by atoms with Gasteiger partial charge in [-0.05, 0) is 36.6 Å². The minimum atomic E-state index is -0.693. The van der Waals surface area contributed by atoms with Crippen LogP contribution in [0.4, 0.5) is 0 Å². The Morgan fingerprint density at radius 1 is 1.25 bits per heavy atom. The highest BCUT2D eigenvalue weighted by atomic mass is 79.9. The van der Waals surface area contributed by atoms with Gasteiger partial charge in [0.1, 0.15) is 5.76 Å². The lowest BCUT2D eigenvalue weighted by Gasteiger charge is -2.27. The van der Waals surface area contributed by atoms with Gasteiger partial charge in [0.15, 0.2) is 0 Å². The third kappa shape index (κ3) is 3.47. The molecule has 3 heterocycles. The van der Waals surface area contributed by atoms with E-state index in [2.05, 4.69) is 20.9 Å². The molecule has 2 atom stereocenters. The molecule has 2 aliphatic rings. The predicted octanol–water partition coefficient (Wildman–Crippen LogP) is 3.44. The molecule has 28 heavy (non-hydrogen) atoms. The molecule has 0 spiro atoms. The molecule has 2 aromatic rings. The molecule has 144 valence electrons. The number of amides is 1. The van der Waals surface area contributed by atoms with Gasteiger partial charge in [-0.3, -0.25) is 14.6 Å².